The molecule has 1 saturated heterocycles. The summed E-state index contributed by atoms with van der Waals surface area (Å²) in [6.45, 7) is 1.95. The number of aromatic amines is 1. The van der Waals surface area contributed by atoms with Gasteiger partial charge in [-0.05, 0) is 6.42 Å². The second kappa shape index (κ2) is 4.23. The second-order valence-corrected chi connectivity index (χ2v) is 3.88. The standard InChI is InChI=1S/C10H14N2O4/c1-2-6-5-7(13)9(16-6)12-4-3-8(14)11-10(12)15/h3-4,6-7,9,13H,2,5H2,1H3,(H,11,14,15)/t6-,7+,9-/m1/s1. The van der Waals surface area contributed by atoms with E-state index in [4.69, 9.17) is 4.74 Å². The van der Waals surface area contributed by atoms with E-state index in [-0.39, 0.29) is 6.10 Å². The summed E-state index contributed by atoms with van der Waals surface area (Å²) in [5, 5.41) is 9.76. The van der Waals surface area contributed by atoms with Crippen LogP contribution in [0, 0.1) is 0 Å². The predicted molar refractivity (Wildman–Crippen MR) is 56.1 cm³/mol. The van der Waals surface area contributed by atoms with Crippen molar-refractivity contribution >= 4 is 0 Å². The molecule has 0 saturated carbocycles. The number of aromatic nitrogens is 2. The molecule has 1 aliphatic heterocycles. The molecule has 0 aliphatic carbocycles. The van der Waals surface area contributed by atoms with E-state index in [1.165, 1.54) is 16.8 Å². The molecule has 0 radical (unpaired) electrons. The van der Waals surface area contributed by atoms with Crippen LogP contribution in [0.4, 0.5) is 0 Å². The molecular weight excluding hydrogens is 212 g/mol. The smallest absolute Gasteiger partial charge is 0.330 e. The fourth-order valence-electron chi connectivity index (χ4n) is 1.87. The second-order valence-electron chi connectivity index (χ2n) is 3.88. The minimum atomic E-state index is -0.714. The molecule has 0 amide bonds. The maximum Gasteiger partial charge on any atom is 0.330 e. The molecule has 1 aromatic rings. The van der Waals surface area contributed by atoms with Gasteiger partial charge in [-0.3, -0.25) is 14.3 Å². The molecule has 1 aliphatic rings. The maximum absolute atomic E-state index is 11.5. The third-order valence-electron chi connectivity index (χ3n) is 2.75. The number of nitrogens with one attached hydrogen (secondary N) is 1. The zero-order valence-electron chi connectivity index (χ0n) is 8.92. The molecule has 6 heteroatoms. The lowest BCUT2D eigenvalue weighted by molar-refractivity contribution is -0.0404. The summed E-state index contributed by atoms with van der Waals surface area (Å²) < 4.78 is 6.73. The Morgan fingerprint density at radius 3 is 2.94 bits per heavy atom. The van der Waals surface area contributed by atoms with E-state index in [0.717, 1.165) is 6.42 Å². The predicted octanol–water partition coefficient (Wildman–Crippen LogP) is -0.405. The van der Waals surface area contributed by atoms with E-state index < -0.39 is 23.6 Å². The van der Waals surface area contributed by atoms with Crippen molar-refractivity contribution in [3.63, 3.8) is 0 Å². The van der Waals surface area contributed by atoms with Crippen LogP contribution >= 0.6 is 0 Å². The van der Waals surface area contributed by atoms with Crippen molar-refractivity contribution in [2.75, 3.05) is 0 Å². The van der Waals surface area contributed by atoms with Crippen LogP contribution in [0.2, 0.25) is 0 Å². The molecule has 0 aromatic carbocycles. The van der Waals surface area contributed by atoms with Crippen LogP contribution in [-0.4, -0.2) is 26.9 Å². The first-order valence-electron chi connectivity index (χ1n) is 5.27. The molecule has 1 fully saturated rings. The van der Waals surface area contributed by atoms with E-state index in [2.05, 4.69) is 4.98 Å². The molecule has 3 atom stereocenters. The van der Waals surface area contributed by atoms with Gasteiger partial charge in [0.15, 0.2) is 6.23 Å². The fraction of sp³-hybridized carbons (Fsp3) is 0.600. The number of aliphatic hydroxyl groups is 1. The summed E-state index contributed by atoms with van der Waals surface area (Å²) in [6.07, 6.45) is 1.17. The monoisotopic (exact) mass is 226 g/mol. The number of hydrogen-bond acceptors (Lipinski definition) is 4. The van der Waals surface area contributed by atoms with Gasteiger partial charge in [-0.2, -0.15) is 0 Å². The molecule has 2 N–H and O–H groups in total. The molecule has 2 rings (SSSR count). The van der Waals surface area contributed by atoms with Gasteiger partial charge in [0.25, 0.3) is 5.56 Å². The highest BCUT2D eigenvalue weighted by Gasteiger charge is 2.34. The van der Waals surface area contributed by atoms with Crippen LogP contribution < -0.4 is 11.2 Å². The van der Waals surface area contributed by atoms with Crippen LogP contribution in [0.3, 0.4) is 0 Å². The van der Waals surface area contributed by atoms with E-state index in [0.29, 0.717) is 6.42 Å². The van der Waals surface area contributed by atoms with Crippen LogP contribution in [0.25, 0.3) is 0 Å². The van der Waals surface area contributed by atoms with Crippen LogP contribution in [0.1, 0.15) is 26.0 Å². The lowest BCUT2D eigenvalue weighted by Crippen LogP contribution is -2.34. The number of ether oxygens (including phenoxy) is 1. The Labute approximate surface area is 91.5 Å². The summed E-state index contributed by atoms with van der Waals surface area (Å²) in [5.74, 6) is 0. The van der Waals surface area contributed by atoms with Gasteiger partial charge in [0.2, 0.25) is 0 Å². The Bertz CT molecular complexity index is 478. The number of H-pyrrole nitrogens is 1. The Morgan fingerprint density at radius 1 is 1.62 bits per heavy atom. The zero-order chi connectivity index (χ0) is 11.7. The summed E-state index contributed by atoms with van der Waals surface area (Å²) >= 11 is 0. The molecule has 0 bridgehead atoms. The van der Waals surface area contributed by atoms with E-state index >= 15 is 0 Å². The van der Waals surface area contributed by atoms with Crippen molar-refractivity contribution in [1.82, 2.24) is 9.55 Å². The van der Waals surface area contributed by atoms with Gasteiger partial charge in [0.05, 0.1) is 6.10 Å². The number of nitrogens with zero attached hydrogens (tertiary/aromatic N) is 1. The minimum Gasteiger partial charge on any atom is -0.388 e. The highest BCUT2D eigenvalue weighted by Crippen LogP contribution is 2.28. The van der Waals surface area contributed by atoms with Crippen LogP contribution in [0.15, 0.2) is 21.9 Å². The van der Waals surface area contributed by atoms with Gasteiger partial charge in [-0.25, -0.2) is 4.79 Å². The molecule has 1 aromatic heterocycles. The van der Waals surface area contributed by atoms with Gasteiger partial charge in [0, 0.05) is 18.7 Å². The fourth-order valence-corrected chi connectivity index (χ4v) is 1.87. The molecule has 16 heavy (non-hydrogen) atoms. The lowest BCUT2D eigenvalue weighted by atomic mass is 10.1. The van der Waals surface area contributed by atoms with Gasteiger partial charge in [0.1, 0.15) is 6.10 Å². The first kappa shape index (κ1) is 11.1. The molecular formula is C10H14N2O4. The van der Waals surface area contributed by atoms with Crippen molar-refractivity contribution in [1.29, 1.82) is 0 Å². The summed E-state index contributed by atoms with van der Waals surface area (Å²) in [4.78, 5) is 24.5. The molecule has 2 heterocycles. The normalized spacial score (nSPS) is 29.5. The van der Waals surface area contributed by atoms with Crippen molar-refractivity contribution < 1.29 is 9.84 Å². The Hall–Kier alpha value is -1.40. The molecule has 88 valence electrons. The zero-order valence-corrected chi connectivity index (χ0v) is 8.92. The highest BCUT2D eigenvalue weighted by molar-refractivity contribution is 4.88. The average molecular weight is 226 g/mol. The summed E-state index contributed by atoms with van der Waals surface area (Å²) in [5.41, 5.74) is -1.02. The van der Waals surface area contributed by atoms with Crippen molar-refractivity contribution in [2.45, 2.75) is 38.2 Å². The van der Waals surface area contributed by atoms with Crippen molar-refractivity contribution in [3.05, 3.63) is 33.1 Å². The van der Waals surface area contributed by atoms with Gasteiger partial charge < -0.3 is 9.84 Å². The Balaban J connectivity index is 2.31. The van der Waals surface area contributed by atoms with E-state index in [9.17, 15) is 14.7 Å². The summed E-state index contributed by atoms with van der Waals surface area (Å²) in [7, 11) is 0. The highest BCUT2D eigenvalue weighted by atomic mass is 16.5. The van der Waals surface area contributed by atoms with E-state index in [1.807, 2.05) is 6.92 Å². The quantitative estimate of drug-likeness (QED) is 0.718. The average Bonchev–Trinajstić information content (AvgIpc) is 2.60. The minimum absolute atomic E-state index is 0.0428. The third kappa shape index (κ3) is 1.94. The Morgan fingerprint density at radius 2 is 2.38 bits per heavy atom. The van der Waals surface area contributed by atoms with Crippen molar-refractivity contribution in [3.8, 4) is 0 Å². The van der Waals surface area contributed by atoms with Gasteiger partial charge in [-0.1, -0.05) is 6.92 Å². The van der Waals surface area contributed by atoms with E-state index in [1.54, 1.807) is 0 Å². The number of rotatable bonds is 2. The van der Waals surface area contributed by atoms with Gasteiger partial charge >= 0.3 is 5.69 Å². The lowest BCUT2D eigenvalue weighted by Gasteiger charge is -2.16. The largest absolute Gasteiger partial charge is 0.388 e. The SMILES string of the molecule is CC[C@@H]1C[C@H](O)[C@H](n2ccc(=O)[nH]c2=O)O1. The van der Waals surface area contributed by atoms with Crippen LogP contribution in [-0.2, 0) is 4.74 Å². The summed E-state index contributed by atoms with van der Waals surface area (Å²) in [6, 6.07) is 1.23. The molecule has 6 nitrogen and oxygen atoms in total. The topological polar surface area (TPSA) is 84.3 Å². The molecule has 0 spiro atoms. The first-order chi connectivity index (χ1) is 7.61. The number of aliphatic hydroxyl groups excluding tert-OH is 1. The van der Waals surface area contributed by atoms with Crippen molar-refractivity contribution in [2.24, 2.45) is 0 Å². The van der Waals surface area contributed by atoms with Gasteiger partial charge in [-0.15, -0.1) is 0 Å². The van der Waals surface area contributed by atoms with Crippen LogP contribution in [0.5, 0.6) is 0 Å². The Kier molecular flexibility index (Phi) is 2.93. The number of hydrogen-bond donors (Lipinski definition) is 2. The maximum atomic E-state index is 11.5. The first-order valence-corrected chi connectivity index (χ1v) is 5.27. The molecule has 0 unspecified atom stereocenters. The third-order valence-corrected chi connectivity index (χ3v) is 2.75.